The average Bonchev–Trinajstić information content (AvgIpc) is 2.80. The van der Waals surface area contributed by atoms with Crippen LogP contribution in [0, 0.1) is 0 Å². The first-order chi connectivity index (χ1) is 15.1. The zero-order chi connectivity index (χ0) is 20.7. The highest BCUT2D eigenvalue weighted by atomic mass is 14.4. The first-order valence-corrected chi connectivity index (χ1v) is 11.0. The molecule has 146 valence electrons. The highest BCUT2D eigenvalue weighted by molar-refractivity contribution is 6.17. The van der Waals surface area contributed by atoms with Crippen molar-refractivity contribution in [2.75, 3.05) is 0 Å². The molecule has 0 heterocycles. The minimum atomic E-state index is -0.0515. The van der Waals surface area contributed by atoms with Crippen molar-refractivity contribution in [2.24, 2.45) is 0 Å². The van der Waals surface area contributed by atoms with E-state index in [1.54, 1.807) is 0 Å². The predicted octanol–water partition coefficient (Wildman–Crippen LogP) is 8.61. The van der Waals surface area contributed by atoms with Gasteiger partial charge in [0.05, 0.1) is 0 Å². The van der Waals surface area contributed by atoms with E-state index < -0.39 is 0 Å². The molecule has 0 bridgehead atoms. The first kappa shape index (κ1) is 17.1. The molecule has 1 aliphatic rings. The summed E-state index contributed by atoms with van der Waals surface area (Å²) < 4.78 is 0. The molecule has 6 aromatic rings. The second kappa shape index (κ2) is 5.74. The molecule has 0 nitrogen and oxygen atoms in total. The fraction of sp³-hybridized carbons (Fsp3) is 0.0968. The maximum atomic E-state index is 2.44. The van der Waals surface area contributed by atoms with Crippen molar-refractivity contribution in [3.05, 3.63) is 108 Å². The van der Waals surface area contributed by atoms with Gasteiger partial charge >= 0.3 is 0 Å². The summed E-state index contributed by atoms with van der Waals surface area (Å²) in [5, 5.41) is 10.7. The maximum Gasteiger partial charge on any atom is 0.0159 e. The third-order valence-corrected chi connectivity index (χ3v) is 7.36. The van der Waals surface area contributed by atoms with Gasteiger partial charge in [-0.3, -0.25) is 0 Å². The molecule has 1 aliphatic carbocycles. The molecule has 0 saturated carbocycles. The molecule has 0 atom stereocenters. The van der Waals surface area contributed by atoms with Gasteiger partial charge < -0.3 is 0 Å². The molecule has 0 heteroatoms. The highest BCUT2D eigenvalue weighted by Crippen LogP contribution is 2.51. The monoisotopic (exact) mass is 394 g/mol. The van der Waals surface area contributed by atoms with Crippen LogP contribution in [0.2, 0.25) is 0 Å². The van der Waals surface area contributed by atoms with Crippen LogP contribution in [0.4, 0.5) is 0 Å². The van der Waals surface area contributed by atoms with Gasteiger partial charge in [0.25, 0.3) is 0 Å². The van der Waals surface area contributed by atoms with Crippen molar-refractivity contribution in [3.63, 3.8) is 0 Å². The van der Waals surface area contributed by atoms with E-state index in [4.69, 9.17) is 0 Å². The Labute approximate surface area is 181 Å². The molecule has 0 fully saturated rings. The third-order valence-electron chi connectivity index (χ3n) is 7.36. The van der Waals surface area contributed by atoms with Gasteiger partial charge in [0, 0.05) is 5.41 Å². The molecule has 7 rings (SSSR count). The van der Waals surface area contributed by atoms with Crippen LogP contribution in [-0.2, 0) is 5.41 Å². The van der Waals surface area contributed by atoms with Crippen LogP contribution in [0.1, 0.15) is 25.0 Å². The van der Waals surface area contributed by atoms with Gasteiger partial charge in [-0.25, -0.2) is 0 Å². The largest absolute Gasteiger partial charge is 0.0616 e. The normalized spacial score (nSPS) is 14.4. The Morgan fingerprint density at radius 1 is 0.452 bits per heavy atom. The lowest BCUT2D eigenvalue weighted by atomic mass is 9.67. The first-order valence-electron chi connectivity index (χ1n) is 11.0. The van der Waals surface area contributed by atoms with Gasteiger partial charge in [-0.15, -0.1) is 0 Å². The van der Waals surface area contributed by atoms with E-state index in [0.29, 0.717) is 0 Å². The summed E-state index contributed by atoms with van der Waals surface area (Å²) >= 11 is 0. The molecule has 0 radical (unpaired) electrons. The SMILES string of the molecule is CC1(C)c2cc3cc4ccccc4cc3cc2-c2cc3ccccc3c3cccc1c23. The summed E-state index contributed by atoms with van der Waals surface area (Å²) in [7, 11) is 0. The predicted molar refractivity (Wildman–Crippen MR) is 134 cm³/mol. The van der Waals surface area contributed by atoms with Crippen LogP contribution in [0.15, 0.2) is 97.1 Å². The number of hydrogen-bond donors (Lipinski definition) is 0. The van der Waals surface area contributed by atoms with E-state index in [-0.39, 0.29) is 5.41 Å². The van der Waals surface area contributed by atoms with Gasteiger partial charge in [0.2, 0.25) is 0 Å². The molecular weight excluding hydrogens is 372 g/mol. The Hall–Kier alpha value is -3.64. The molecule has 0 saturated heterocycles. The molecule has 0 amide bonds. The summed E-state index contributed by atoms with van der Waals surface area (Å²) in [5.41, 5.74) is 5.55. The van der Waals surface area contributed by atoms with E-state index in [1.165, 1.54) is 65.3 Å². The Morgan fingerprint density at radius 2 is 1.06 bits per heavy atom. The standard InChI is InChI=1S/C31H22/c1-31(2)28-13-7-12-25-24-11-6-5-10-21(24)16-27(30(25)28)26-17-22-14-19-8-3-4-9-20(19)15-23(22)18-29(26)31/h3-18H,1-2H3. The Kier molecular flexibility index (Phi) is 3.16. The summed E-state index contributed by atoms with van der Waals surface area (Å²) in [6, 6.07) is 36.3. The van der Waals surface area contributed by atoms with Crippen LogP contribution >= 0.6 is 0 Å². The zero-order valence-corrected chi connectivity index (χ0v) is 17.7. The van der Waals surface area contributed by atoms with Crippen LogP contribution in [0.25, 0.3) is 54.2 Å². The van der Waals surface area contributed by atoms with Gasteiger partial charge in [-0.2, -0.15) is 0 Å². The Bertz CT molecular complexity index is 1700. The van der Waals surface area contributed by atoms with E-state index in [1.807, 2.05) is 0 Å². The Morgan fingerprint density at radius 3 is 1.84 bits per heavy atom. The Balaban J connectivity index is 1.69. The molecule has 0 unspecified atom stereocenters. The zero-order valence-electron chi connectivity index (χ0n) is 17.7. The van der Waals surface area contributed by atoms with Crippen LogP contribution < -0.4 is 0 Å². The number of benzene rings is 6. The van der Waals surface area contributed by atoms with Crippen LogP contribution in [0.3, 0.4) is 0 Å². The summed E-state index contributed by atoms with van der Waals surface area (Å²) in [6.07, 6.45) is 0. The summed E-state index contributed by atoms with van der Waals surface area (Å²) in [6.45, 7) is 4.76. The van der Waals surface area contributed by atoms with Crippen molar-refractivity contribution in [2.45, 2.75) is 19.3 Å². The van der Waals surface area contributed by atoms with Gasteiger partial charge in [-0.1, -0.05) is 80.6 Å². The van der Waals surface area contributed by atoms with Gasteiger partial charge in [-0.05, 0) is 95.7 Å². The molecule has 0 spiro atoms. The van der Waals surface area contributed by atoms with E-state index in [2.05, 4.69) is 111 Å². The third kappa shape index (κ3) is 2.20. The molecule has 0 N–H and O–H groups in total. The van der Waals surface area contributed by atoms with Crippen LogP contribution in [-0.4, -0.2) is 0 Å². The maximum absolute atomic E-state index is 2.44. The summed E-state index contributed by atoms with van der Waals surface area (Å²) in [5.74, 6) is 0. The molecule has 0 aromatic heterocycles. The van der Waals surface area contributed by atoms with E-state index in [9.17, 15) is 0 Å². The van der Waals surface area contributed by atoms with Crippen LogP contribution in [0.5, 0.6) is 0 Å². The second-order valence-corrected chi connectivity index (χ2v) is 9.44. The molecular formula is C31H22. The second-order valence-electron chi connectivity index (χ2n) is 9.44. The van der Waals surface area contributed by atoms with Crippen molar-refractivity contribution >= 4 is 43.1 Å². The fourth-order valence-electron chi connectivity index (χ4n) is 5.77. The summed E-state index contributed by atoms with van der Waals surface area (Å²) in [4.78, 5) is 0. The minimum Gasteiger partial charge on any atom is -0.0616 e. The van der Waals surface area contributed by atoms with E-state index >= 15 is 0 Å². The van der Waals surface area contributed by atoms with Crippen molar-refractivity contribution in [1.29, 1.82) is 0 Å². The number of rotatable bonds is 0. The number of fused-ring (bicyclic) bond motifs is 6. The molecule has 6 aromatic carbocycles. The highest BCUT2D eigenvalue weighted by Gasteiger charge is 2.34. The van der Waals surface area contributed by atoms with Crippen molar-refractivity contribution < 1.29 is 0 Å². The van der Waals surface area contributed by atoms with Gasteiger partial charge in [0.1, 0.15) is 0 Å². The van der Waals surface area contributed by atoms with Crippen molar-refractivity contribution in [3.8, 4) is 11.1 Å². The molecule has 0 aliphatic heterocycles. The smallest absolute Gasteiger partial charge is 0.0159 e. The average molecular weight is 395 g/mol. The van der Waals surface area contributed by atoms with Crippen molar-refractivity contribution in [1.82, 2.24) is 0 Å². The molecule has 31 heavy (non-hydrogen) atoms. The number of hydrogen-bond acceptors (Lipinski definition) is 0. The lowest BCUT2D eigenvalue weighted by molar-refractivity contribution is 0.646. The van der Waals surface area contributed by atoms with E-state index in [0.717, 1.165) is 0 Å². The van der Waals surface area contributed by atoms with Gasteiger partial charge in [0.15, 0.2) is 0 Å². The quantitative estimate of drug-likeness (QED) is 0.179. The minimum absolute atomic E-state index is 0.0515. The topological polar surface area (TPSA) is 0 Å². The lowest BCUT2D eigenvalue weighted by Gasteiger charge is -2.36. The fourth-order valence-corrected chi connectivity index (χ4v) is 5.77. The lowest BCUT2D eigenvalue weighted by Crippen LogP contribution is -2.23.